The highest BCUT2D eigenvalue weighted by atomic mass is 19.4. The number of nitrogens with zero attached hydrogens (tertiary/aromatic N) is 6. The molecule has 10 heteroatoms. The van der Waals surface area contributed by atoms with E-state index in [0.29, 0.717) is 32.6 Å². The summed E-state index contributed by atoms with van der Waals surface area (Å²) in [5.41, 5.74) is 1.51. The van der Waals surface area contributed by atoms with E-state index in [1.165, 1.54) is 5.56 Å². The predicted molar refractivity (Wildman–Crippen MR) is 127 cm³/mol. The van der Waals surface area contributed by atoms with Crippen LogP contribution in [0.3, 0.4) is 0 Å². The minimum atomic E-state index is -4.72. The smallest absolute Gasteiger partial charge is 0.354 e. The Bertz CT molecular complexity index is 1230. The number of carbonyl (C=O) groups excluding carboxylic acids is 1. The van der Waals surface area contributed by atoms with Crippen LogP contribution in [0.2, 0.25) is 0 Å². The Balaban J connectivity index is 1.32. The highest BCUT2D eigenvalue weighted by Gasteiger charge is 2.37. The second-order valence-electron chi connectivity index (χ2n) is 8.57. The number of hydrogen-bond acceptors (Lipinski definition) is 7. The summed E-state index contributed by atoms with van der Waals surface area (Å²) in [4.78, 5) is 22.5. The van der Waals surface area contributed by atoms with Gasteiger partial charge in [-0.2, -0.15) is 18.3 Å². The monoisotopic (exact) mass is 480 g/mol. The molecule has 1 unspecified atom stereocenters. The summed E-state index contributed by atoms with van der Waals surface area (Å²) in [5.74, 6) is 0.950. The molecule has 0 spiro atoms. The average molecular weight is 480 g/mol. The first-order valence-corrected chi connectivity index (χ1v) is 11.4. The highest BCUT2D eigenvalue weighted by Crippen LogP contribution is 2.32. The number of anilines is 1. The van der Waals surface area contributed by atoms with Crippen LogP contribution in [0.25, 0.3) is 0 Å². The molecule has 1 aliphatic carbocycles. The maximum absolute atomic E-state index is 13.3. The lowest BCUT2D eigenvalue weighted by Crippen LogP contribution is -2.52. The molecule has 0 radical (unpaired) electrons. The molecule has 2 aliphatic heterocycles. The minimum absolute atomic E-state index is 0.0301. The SMILES string of the molecule is O=Cc1cnc(N2CCN(C3=NN=C(Cc4ccccc4)C4=CC=CCC43)CC2)nc1C(F)(F)F. The van der Waals surface area contributed by atoms with Crippen LogP contribution < -0.4 is 4.90 Å². The quantitative estimate of drug-likeness (QED) is 0.620. The third-order valence-electron chi connectivity index (χ3n) is 6.38. The van der Waals surface area contributed by atoms with Crippen molar-refractivity contribution in [1.29, 1.82) is 0 Å². The lowest BCUT2D eigenvalue weighted by atomic mass is 9.84. The van der Waals surface area contributed by atoms with E-state index in [9.17, 15) is 18.0 Å². The van der Waals surface area contributed by atoms with Crippen LogP contribution in [0.5, 0.6) is 0 Å². The zero-order valence-electron chi connectivity index (χ0n) is 18.8. The Morgan fingerprint density at radius 3 is 2.49 bits per heavy atom. The number of alkyl halides is 3. The summed E-state index contributed by atoms with van der Waals surface area (Å²) in [6, 6.07) is 10.1. The molecule has 35 heavy (non-hydrogen) atoms. The van der Waals surface area contributed by atoms with Crippen molar-refractivity contribution in [3.63, 3.8) is 0 Å². The van der Waals surface area contributed by atoms with Gasteiger partial charge in [-0.05, 0) is 17.6 Å². The van der Waals surface area contributed by atoms with Crippen LogP contribution in [0, 0.1) is 5.92 Å². The van der Waals surface area contributed by atoms with Gasteiger partial charge in [0.1, 0.15) is 5.84 Å². The first kappa shape index (κ1) is 22.9. The van der Waals surface area contributed by atoms with E-state index in [1.807, 2.05) is 24.3 Å². The molecule has 0 saturated carbocycles. The standard InChI is InChI=1S/C25H23F3N6O/c26-25(27,28)22-18(16-35)15-29-24(30-22)34-12-10-33(11-13-34)23-20-9-5-4-8-19(20)21(31-32-23)14-17-6-2-1-3-7-17/h1-8,15-16,20H,9-14H2. The summed E-state index contributed by atoms with van der Waals surface area (Å²) in [7, 11) is 0. The van der Waals surface area contributed by atoms with Crippen molar-refractivity contribution in [2.75, 3.05) is 31.1 Å². The Morgan fingerprint density at radius 2 is 1.77 bits per heavy atom. The van der Waals surface area contributed by atoms with Crippen molar-refractivity contribution in [3.05, 3.63) is 77.2 Å². The van der Waals surface area contributed by atoms with Gasteiger partial charge in [0, 0.05) is 44.7 Å². The number of rotatable bonds is 4. The number of carbonyl (C=O) groups is 1. The average Bonchev–Trinajstić information content (AvgIpc) is 2.89. The third kappa shape index (κ3) is 4.73. The number of amidine groups is 1. The fourth-order valence-corrected chi connectivity index (χ4v) is 4.60. The summed E-state index contributed by atoms with van der Waals surface area (Å²) in [6.45, 7) is 1.96. The zero-order valence-corrected chi connectivity index (χ0v) is 18.8. The summed E-state index contributed by atoms with van der Waals surface area (Å²) >= 11 is 0. The molecule has 1 aromatic heterocycles. The van der Waals surface area contributed by atoms with Gasteiger partial charge in [-0.25, -0.2) is 9.97 Å². The molecule has 5 rings (SSSR count). The van der Waals surface area contributed by atoms with E-state index in [2.05, 4.69) is 49.4 Å². The van der Waals surface area contributed by atoms with E-state index in [1.54, 1.807) is 4.90 Å². The molecule has 1 saturated heterocycles. The van der Waals surface area contributed by atoms with Gasteiger partial charge in [0.15, 0.2) is 12.0 Å². The normalized spacial score (nSPS) is 20.1. The molecule has 3 aliphatic rings. The van der Waals surface area contributed by atoms with Crippen molar-refractivity contribution in [2.45, 2.75) is 19.0 Å². The molecule has 2 aromatic rings. The fourth-order valence-electron chi connectivity index (χ4n) is 4.60. The topological polar surface area (TPSA) is 74.1 Å². The van der Waals surface area contributed by atoms with E-state index in [0.717, 1.165) is 29.7 Å². The van der Waals surface area contributed by atoms with E-state index in [-0.39, 0.29) is 18.2 Å². The van der Waals surface area contributed by atoms with Crippen molar-refractivity contribution < 1.29 is 18.0 Å². The zero-order chi connectivity index (χ0) is 24.4. The van der Waals surface area contributed by atoms with Crippen molar-refractivity contribution >= 4 is 23.8 Å². The van der Waals surface area contributed by atoms with Gasteiger partial charge >= 0.3 is 6.18 Å². The van der Waals surface area contributed by atoms with Gasteiger partial charge in [0.2, 0.25) is 5.95 Å². The van der Waals surface area contributed by atoms with Crippen LogP contribution in [0.4, 0.5) is 19.1 Å². The number of hydrogen-bond donors (Lipinski definition) is 0. The number of halogens is 3. The molecular weight excluding hydrogens is 457 g/mol. The molecule has 1 atom stereocenters. The van der Waals surface area contributed by atoms with E-state index >= 15 is 0 Å². The fraction of sp³-hybridized carbons (Fsp3) is 0.320. The van der Waals surface area contributed by atoms with Gasteiger partial charge in [0.25, 0.3) is 0 Å². The summed E-state index contributed by atoms with van der Waals surface area (Å²) in [5, 5.41) is 9.17. The molecule has 1 fully saturated rings. The highest BCUT2D eigenvalue weighted by molar-refractivity contribution is 6.09. The lowest BCUT2D eigenvalue weighted by Gasteiger charge is -2.40. The number of benzene rings is 1. The molecule has 0 amide bonds. The van der Waals surface area contributed by atoms with E-state index in [4.69, 9.17) is 0 Å². The molecular formula is C25H23F3N6O. The van der Waals surface area contributed by atoms with Crippen LogP contribution in [0.15, 0.2) is 70.5 Å². The van der Waals surface area contributed by atoms with Crippen LogP contribution in [0.1, 0.15) is 28.0 Å². The van der Waals surface area contributed by atoms with Gasteiger partial charge in [-0.3, -0.25) is 4.79 Å². The Labute approximate surface area is 200 Å². The van der Waals surface area contributed by atoms with Crippen molar-refractivity contribution in [1.82, 2.24) is 14.9 Å². The minimum Gasteiger partial charge on any atom is -0.354 e. The third-order valence-corrected chi connectivity index (χ3v) is 6.38. The first-order chi connectivity index (χ1) is 16.9. The second-order valence-corrected chi connectivity index (χ2v) is 8.57. The van der Waals surface area contributed by atoms with E-state index < -0.39 is 17.4 Å². The van der Waals surface area contributed by atoms with Gasteiger partial charge in [-0.15, -0.1) is 5.10 Å². The maximum Gasteiger partial charge on any atom is 0.434 e. The Morgan fingerprint density at radius 1 is 1.03 bits per heavy atom. The Hall–Kier alpha value is -3.82. The molecule has 7 nitrogen and oxygen atoms in total. The lowest BCUT2D eigenvalue weighted by molar-refractivity contribution is -0.141. The number of allylic oxidation sites excluding steroid dienone is 3. The largest absolute Gasteiger partial charge is 0.434 e. The molecule has 0 bridgehead atoms. The van der Waals surface area contributed by atoms with Gasteiger partial charge in [-0.1, -0.05) is 48.6 Å². The number of aldehydes is 1. The second kappa shape index (κ2) is 9.44. The molecule has 180 valence electrons. The first-order valence-electron chi connectivity index (χ1n) is 11.4. The molecule has 1 aromatic carbocycles. The van der Waals surface area contributed by atoms with Crippen LogP contribution >= 0.6 is 0 Å². The number of piperazine rings is 1. The van der Waals surface area contributed by atoms with Gasteiger partial charge < -0.3 is 9.80 Å². The van der Waals surface area contributed by atoms with Gasteiger partial charge in [0.05, 0.1) is 11.3 Å². The van der Waals surface area contributed by atoms with Crippen LogP contribution in [-0.2, 0) is 12.6 Å². The summed E-state index contributed by atoms with van der Waals surface area (Å²) < 4.78 is 39.9. The van der Waals surface area contributed by atoms with Crippen molar-refractivity contribution in [3.8, 4) is 0 Å². The predicted octanol–water partition coefficient (Wildman–Crippen LogP) is 3.94. The van der Waals surface area contributed by atoms with Crippen molar-refractivity contribution in [2.24, 2.45) is 16.1 Å². The number of aromatic nitrogens is 2. The number of fused-ring (bicyclic) bond motifs is 1. The molecule has 3 heterocycles. The summed E-state index contributed by atoms with van der Waals surface area (Å²) in [6.07, 6.45) is 4.13. The Kier molecular flexibility index (Phi) is 6.19. The maximum atomic E-state index is 13.3. The molecule has 0 N–H and O–H groups in total. The van der Waals surface area contributed by atoms with Crippen LogP contribution in [-0.4, -0.2) is 58.9 Å².